The van der Waals surface area contributed by atoms with Crippen molar-refractivity contribution in [2.45, 2.75) is 46.1 Å². The maximum absolute atomic E-state index is 13.2. The van der Waals surface area contributed by atoms with Crippen LogP contribution in [0.5, 0.6) is 0 Å². The molecule has 0 bridgehead atoms. The van der Waals surface area contributed by atoms with E-state index in [2.05, 4.69) is 46.5 Å². The number of aliphatic imine (C=N–C) groups is 1. The van der Waals surface area contributed by atoms with Crippen LogP contribution in [-0.4, -0.2) is 56.5 Å². The Labute approximate surface area is 274 Å². The number of aryl methyl sites for hydroxylation is 2. The van der Waals surface area contributed by atoms with Crippen molar-refractivity contribution in [3.63, 3.8) is 0 Å². The van der Waals surface area contributed by atoms with Crippen molar-refractivity contribution in [2.24, 2.45) is 10.7 Å². The van der Waals surface area contributed by atoms with Gasteiger partial charge in [0.1, 0.15) is 16.9 Å². The summed E-state index contributed by atoms with van der Waals surface area (Å²) in [5.41, 5.74) is 9.73. The first-order chi connectivity index (χ1) is 22.1. The number of aromatic carboxylic acids is 1. The largest absolute Gasteiger partial charge is 0.478 e. The van der Waals surface area contributed by atoms with Gasteiger partial charge in [0.2, 0.25) is 11.8 Å². The monoisotopic (exact) mass is 657 g/mol. The molecule has 0 aliphatic carbocycles. The van der Waals surface area contributed by atoms with Crippen LogP contribution in [0.15, 0.2) is 47.5 Å². The molecule has 2 amide bonds. The molecule has 1 aliphatic heterocycles. The van der Waals surface area contributed by atoms with Crippen LogP contribution in [0, 0.1) is 32.6 Å². The third kappa shape index (κ3) is 7.02. The molecule has 1 aliphatic rings. The predicted molar refractivity (Wildman–Crippen MR) is 178 cm³/mol. The Morgan fingerprint density at radius 2 is 1.85 bits per heavy atom. The van der Waals surface area contributed by atoms with Crippen LogP contribution in [0.3, 0.4) is 0 Å². The highest BCUT2D eigenvalue weighted by molar-refractivity contribution is 7.15. The minimum atomic E-state index is -1.16. The molecule has 2 aromatic carbocycles. The summed E-state index contributed by atoms with van der Waals surface area (Å²) in [6, 6.07) is 11.3. The number of carboxylic acids is 1. The van der Waals surface area contributed by atoms with Crippen LogP contribution >= 0.6 is 22.9 Å². The first-order valence-corrected chi connectivity index (χ1v) is 15.8. The summed E-state index contributed by atoms with van der Waals surface area (Å²) in [6.07, 6.45) is 0.397. The summed E-state index contributed by atoms with van der Waals surface area (Å²) in [7, 11) is 0. The number of carbonyl (C=O) groups is 3. The number of nitrogens with one attached hydrogen (secondary N) is 2. The molecule has 0 spiro atoms. The van der Waals surface area contributed by atoms with E-state index in [1.165, 1.54) is 12.1 Å². The highest BCUT2D eigenvalue weighted by Crippen LogP contribution is 2.39. The lowest BCUT2D eigenvalue weighted by Gasteiger charge is -2.13. The van der Waals surface area contributed by atoms with Gasteiger partial charge in [0.15, 0.2) is 5.82 Å². The average molecular weight is 658 g/mol. The van der Waals surface area contributed by atoms with E-state index in [-0.39, 0.29) is 36.8 Å². The third-order valence-electron chi connectivity index (χ3n) is 7.44. The average Bonchev–Trinajstić information content (AvgIpc) is 3.50. The highest BCUT2D eigenvalue weighted by atomic mass is 35.5. The predicted octanol–water partition coefficient (Wildman–Crippen LogP) is 4.73. The number of nitrogens with two attached hydrogens (primary N) is 1. The minimum Gasteiger partial charge on any atom is -0.478 e. The van der Waals surface area contributed by atoms with E-state index in [1.54, 1.807) is 17.4 Å². The molecule has 11 nitrogen and oxygen atoms in total. The van der Waals surface area contributed by atoms with Crippen LogP contribution in [-0.2, 0) is 9.59 Å². The fourth-order valence-electron chi connectivity index (χ4n) is 5.06. The van der Waals surface area contributed by atoms with Gasteiger partial charge in [-0.2, -0.15) is 0 Å². The quantitative estimate of drug-likeness (QED) is 0.189. The van der Waals surface area contributed by atoms with Crippen molar-refractivity contribution in [1.29, 1.82) is 0 Å². The number of halogens is 1. The van der Waals surface area contributed by atoms with Crippen LogP contribution in [0.4, 0.5) is 5.69 Å². The molecule has 0 fully saturated rings. The number of hydrogen-bond donors (Lipinski definition) is 4. The second kappa shape index (κ2) is 14.1. The number of thiophene rings is 1. The zero-order chi connectivity index (χ0) is 33.0. The summed E-state index contributed by atoms with van der Waals surface area (Å²) in [5.74, 6) is 5.00. The van der Waals surface area contributed by atoms with Crippen molar-refractivity contribution in [3.8, 4) is 16.8 Å². The molecule has 5 rings (SSSR count). The van der Waals surface area contributed by atoms with E-state index in [9.17, 15) is 19.5 Å². The molecule has 0 unspecified atom stereocenters. The first kappa shape index (κ1) is 32.6. The number of rotatable bonds is 9. The highest BCUT2D eigenvalue weighted by Gasteiger charge is 2.32. The number of carbonyl (C=O) groups excluding carboxylic acids is 2. The van der Waals surface area contributed by atoms with Crippen LogP contribution < -0.4 is 16.4 Å². The van der Waals surface area contributed by atoms with Crippen LogP contribution in [0.1, 0.15) is 74.4 Å². The van der Waals surface area contributed by atoms with Gasteiger partial charge in [0, 0.05) is 58.2 Å². The molecule has 0 saturated carbocycles. The van der Waals surface area contributed by atoms with Gasteiger partial charge in [-0.1, -0.05) is 35.6 Å². The second-order valence-electron chi connectivity index (χ2n) is 10.7. The molecule has 1 atom stereocenters. The molecule has 5 N–H and O–H groups in total. The number of fused-ring (bicyclic) bond motifs is 3. The minimum absolute atomic E-state index is 0.0154. The number of hydrogen-bond acceptors (Lipinski definition) is 8. The number of carboxylic acid groups (broad SMARTS) is 1. The molecule has 46 heavy (non-hydrogen) atoms. The molecule has 236 valence electrons. The maximum Gasteiger partial charge on any atom is 0.337 e. The Morgan fingerprint density at radius 1 is 1.09 bits per heavy atom. The Bertz CT molecular complexity index is 1920. The molecule has 0 saturated heterocycles. The molecule has 3 heterocycles. The lowest BCUT2D eigenvalue weighted by Crippen LogP contribution is -2.29. The molecular formula is C33H32ClN7O4S. The van der Waals surface area contributed by atoms with E-state index in [1.807, 2.05) is 35.8 Å². The zero-order valence-corrected chi connectivity index (χ0v) is 27.1. The van der Waals surface area contributed by atoms with Gasteiger partial charge in [0.05, 0.1) is 17.7 Å². The topological polar surface area (TPSA) is 165 Å². The lowest BCUT2D eigenvalue weighted by atomic mass is 9.99. The van der Waals surface area contributed by atoms with Gasteiger partial charge in [-0.25, -0.2) is 4.79 Å². The lowest BCUT2D eigenvalue weighted by molar-refractivity contribution is -0.121. The number of aromatic nitrogens is 3. The summed E-state index contributed by atoms with van der Waals surface area (Å²) in [6.45, 7) is 6.43. The van der Waals surface area contributed by atoms with Gasteiger partial charge in [-0.05, 0) is 56.7 Å². The van der Waals surface area contributed by atoms with E-state index in [4.69, 9.17) is 22.3 Å². The van der Waals surface area contributed by atoms with Gasteiger partial charge < -0.3 is 21.5 Å². The van der Waals surface area contributed by atoms with E-state index < -0.39 is 12.0 Å². The fraction of sp³-hybridized carbons (Fsp3) is 0.273. The zero-order valence-electron chi connectivity index (χ0n) is 25.5. The standard InChI is InChI=1S/C33H32ClN7O4S/c1-18-19(2)46-32-29(18)30(22-7-10-23(34)11-8-22)38-26(31-40-39-20(3)41(31)32)17-28(43)36-15-13-27(42)37-24-12-9-21(6-4-5-14-35)25(16-24)33(44)45/h7-12,16,26H,5,13-15,17,35H2,1-3H3,(H,36,43)(H,37,42)(H,44,45)/t26-/m0/s1. The summed E-state index contributed by atoms with van der Waals surface area (Å²) in [4.78, 5) is 43.8. The summed E-state index contributed by atoms with van der Waals surface area (Å²) >= 11 is 7.81. The van der Waals surface area contributed by atoms with Gasteiger partial charge in [-0.3, -0.25) is 19.1 Å². The summed E-state index contributed by atoms with van der Waals surface area (Å²) < 4.78 is 1.97. The molecule has 4 aromatic rings. The van der Waals surface area contributed by atoms with Gasteiger partial charge in [0.25, 0.3) is 0 Å². The van der Waals surface area contributed by atoms with Gasteiger partial charge >= 0.3 is 5.97 Å². The van der Waals surface area contributed by atoms with E-state index in [0.29, 0.717) is 40.9 Å². The van der Waals surface area contributed by atoms with Crippen molar-refractivity contribution in [2.75, 3.05) is 18.4 Å². The van der Waals surface area contributed by atoms with Crippen molar-refractivity contribution >= 4 is 52.1 Å². The number of anilines is 1. The Kier molecular flexibility index (Phi) is 9.96. The fourth-order valence-corrected chi connectivity index (χ4v) is 6.40. The number of nitrogens with zero attached hydrogens (tertiary/aromatic N) is 4. The van der Waals surface area contributed by atoms with Gasteiger partial charge in [-0.15, -0.1) is 21.5 Å². The molecule has 2 aromatic heterocycles. The van der Waals surface area contributed by atoms with E-state index >= 15 is 0 Å². The number of amides is 2. The maximum atomic E-state index is 13.2. The van der Waals surface area contributed by atoms with Crippen molar-refractivity contribution < 1.29 is 19.5 Å². The molecule has 0 radical (unpaired) electrons. The second-order valence-corrected chi connectivity index (χ2v) is 12.3. The van der Waals surface area contributed by atoms with Crippen molar-refractivity contribution in [3.05, 3.63) is 91.8 Å². The van der Waals surface area contributed by atoms with E-state index in [0.717, 1.165) is 32.3 Å². The SMILES string of the molecule is Cc1sc2c(c1C)C(c1ccc(Cl)cc1)=N[C@@H](CC(=O)NCCC(=O)Nc1ccc(C#CCCN)c(C(=O)O)c1)c1nnc(C)n1-2. The normalized spacial score (nSPS) is 13.4. The van der Waals surface area contributed by atoms with Crippen LogP contribution in [0.2, 0.25) is 5.02 Å². The Hall–Kier alpha value is -4.83. The molecule has 13 heteroatoms. The summed E-state index contributed by atoms with van der Waals surface area (Å²) in [5, 5.41) is 25.4. The first-order valence-electron chi connectivity index (χ1n) is 14.6. The van der Waals surface area contributed by atoms with Crippen LogP contribution in [0.25, 0.3) is 5.00 Å². The Balaban J connectivity index is 1.29. The third-order valence-corrected chi connectivity index (χ3v) is 8.88. The van der Waals surface area contributed by atoms with Crippen molar-refractivity contribution in [1.82, 2.24) is 20.1 Å². The smallest absolute Gasteiger partial charge is 0.337 e. The number of benzene rings is 2. The Morgan fingerprint density at radius 3 is 2.57 bits per heavy atom. The molecular weight excluding hydrogens is 626 g/mol.